The Morgan fingerprint density at radius 1 is 1.10 bits per heavy atom. The SMILES string of the molecule is OC(Cc1cc(Cl)ccc1Cl)c1cccc(OC(F)F)c1. The summed E-state index contributed by atoms with van der Waals surface area (Å²) in [7, 11) is 0. The average Bonchev–Trinajstić information content (AvgIpc) is 2.42. The second kappa shape index (κ2) is 7.07. The fraction of sp³-hybridized carbons (Fsp3) is 0.200. The van der Waals surface area contributed by atoms with Gasteiger partial charge in [-0.1, -0.05) is 35.3 Å². The highest BCUT2D eigenvalue weighted by Gasteiger charge is 2.13. The Kier molecular flexibility index (Phi) is 5.39. The van der Waals surface area contributed by atoms with E-state index >= 15 is 0 Å². The van der Waals surface area contributed by atoms with Crippen molar-refractivity contribution in [1.29, 1.82) is 0 Å². The van der Waals surface area contributed by atoms with Gasteiger partial charge in [0.05, 0.1) is 6.10 Å². The molecule has 0 aliphatic rings. The molecule has 2 nitrogen and oxygen atoms in total. The maximum absolute atomic E-state index is 12.2. The molecular weight excluding hydrogens is 321 g/mol. The van der Waals surface area contributed by atoms with E-state index in [1.807, 2.05) is 0 Å². The van der Waals surface area contributed by atoms with Gasteiger partial charge in [-0.15, -0.1) is 0 Å². The van der Waals surface area contributed by atoms with Gasteiger partial charge in [0.25, 0.3) is 0 Å². The maximum Gasteiger partial charge on any atom is 0.387 e. The number of hydrogen-bond acceptors (Lipinski definition) is 2. The molecule has 2 aromatic rings. The zero-order valence-corrected chi connectivity index (χ0v) is 12.3. The Bertz CT molecular complexity index is 620. The number of benzene rings is 2. The summed E-state index contributed by atoms with van der Waals surface area (Å²) in [6, 6.07) is 10.9. The summed E-state index contributed by atoms with van der Waals surface area (Å²) >= 11 is 11.9. The van der Waals surface area contributed by atoms with Gasteiger partial charge in [-0.3, -0.25) is 0 Å². The topological polar surface area (TPSA) is 29.5 Å². The fourth-order valence-electron chi connectivity index (χ4n) is 1.92. The second-order valence-electron chi connectivity index (χ2n) is 4.41. The number of rotatable bonds is 5. The summed E-state index contributed by atoms with van der Waals surface area (Å²) in [4.78, 5) is 0. The van der Waals surface area contributed by atoms with Crippen LogP contribution in [0.5, 0.6) is 5.75 Å². The van der Waals surface area contributed by atoms with Crippen LogP contribution in [0.4, 0.5) is 8.78 Å². The summed E-state index contributed by atoms with van der Waals surface area (Å²) in [5, 5.41) is 11.2. The highest BCUT2D eigenvalue weighted by atomic mass is 35.5. The molecule has 112 valence electrons. The number of hydrogen-bond donors (Lipinski definition) is 1. The Labute approximate surface area is 130 Å². The van der Waals surface area contributed by atoms with Gasteiger partial charge in [-0.05, 0) is 41.5 Å². The predicted octanol–water partition coefficient (Wildman–Crippen LogP) is 4.87. The molecule has 0 saturated heterocycles. The molecule has 1 N–H and O–H groups in total. The molecule has 0 heterocycles. The van der Waals surface area contributed by atoms with Gasteiger partial charge in [-0.25, -0.2) is 0 Å². The summed E-state index contributed by atoms with van der Waals surface area (Å²) in [5.41, 5.74) is 1.14. The van der Waals surface area contributed by atoms with E-state index < -0.39 is 12.7 Å². The fourth-order valence-corrected chi connectivity index (χ4v) is 2.31. The first kappa shape index (κ1) is 16.0. The minimum Gasteiger partial charge on any atom is -0.435 e. The summed E-state index contributed by atoms with van der Waals surface area (Å²) in [6.45, 7) is -2.90. The number of alkyl halides is 2. The van der Waals surface area contributed by atoms with Gasteiger partial charge in [0.2, 0.25) is 0 Å². The molecule has 1 unspecified atom stereocenters. The van der Waals surface area contributed by atoms with Crippen LogP contribution < -0.4 is 4.74 Å². The largest absolute Gasteiger partial charge is 0.435 e. The van der Waals surface area contributed by atoms with E-state index in [9.17, 15) is 13.9 Å². The van der Waals surface area contributed by atoms with Gasteiger partial charge in [0, 0.05) is 16.5 Å². The molecule has 2 rings (SSSR count). The monoisotopic (exact) mass is 332 g/mol. The third kappa shape index (κ3) is 4.56. The van der Waals surface area contributed by atoms with Crippen LogP contribution in [0.2, 0.25) is 10.0 Å². The smallest absolute Gasteiger partial charge is 0.387 e. The lowest BCUT2D eigenvalue weighted by molar-refractivity contribution is -0.0499. The van der Waals surface area contributed by atoms with Crippen LogP contribution in [0, 0.1) is 0 Å². The van der Waals surface area contributed by atoms with Crippen molar-refractivity contribution in [2.24, 2.45) is 0 Å². The van der Waals surface area contributed by atoms with E-state index in [0.717, 1.165) is 0 Å². The maximum atomic E-state index is 12.2. The van der Waals surface area contributed by atoms with Crippen molar-refractivity contribution in [3.63, 3.8) is 0 Å². The van der Waals surface area contributed by atoms with Crippen molar-refractivity contribution >= 4 is 23.2 Å². The van der Waals surface area contributed by atoms with Crippen LogP contribution in [0.3, 0.4) is 0 Å². The third-order valence-electron chi connectivity index (χ3n) is 2.89. The van der Waals surface area contributed by atoms with E-state index in [1.165, 1.54) is 18.2 Å². The van der Waals surface area contributed by atoms with Crippen LogP contribution in [-0.4, -0.2) is 11.7 Å². The third-order valence-corrected chi connectivity index (χ3v) is 3.49. The summed E-state index contributed by atoms with van der Waals surface area (Å²) in [6.07, 6.45) is -0.681. The van der Waals surface area contributed by atoms with E-state index in [4.69, 9.17) is 23.2 Å². The molecule has 0 aromatic heterocycles. The zero-order chi connectivity index (χ0) is 15.4. The normalized spacial score (nSPS) is 12.5. The molecule has 0 fully saturated rings. The van der Waals surface area contributed by atoms with E-state index in [-0.39, 0.29) is 12.2 Å². The highest BCUT2D eigenvalue weighted by Crippen LogP contribution is 2.28. The number of ether oxygens (including phenoxy) is 1. The minimum absolute atomic E-state index is 0.00117. The molecule has 0 radical (unpaired) electrons. The van der Waals surface area contributed by atoms with Crippen molar-refractivity contribution in [3.8, 4) is 5.75 Å². The van der Waals surface area contributed by atoms with Gasteiger partial charge < -0.3 is 9.84 Å². The zero-order valence-electron chi connectivity index (χ0n) is 10.8. The lowest BCUT2D eigenvalue weighted by Crippen LogP contribution is -2.05. The van der Waals surface area contributed by atoms with Crippen LogP contribution in [0.15, 0.2) is 42.5 Å². The molecular formula is C15H12Cl2F2O2. The van der Waals surface area contributed by atoms with Gasteiger partial charge >= 0.3 is 6.61 Å². The molecule has 2 aromatic carbocycles. The minimum atomic E-state index is -2.90. The Balaban J connectivity index is 2.16. The molecule has 1 atom stereocenters. The molecule has 0 amide bonds. The standard InChI is InChI=1S/C15H12Cl2F2O2/c16-11-4-5-13(17)10(6-11)8-14(20)9-2-1-3-12(7-9)21-15(18)19/h1-7,14-15,20H,8H2. The van der Waals surface area contributed by atoms with Gasteiger partial charge in [0.15, 0.2) is 0 Å². The van der Waals surface area contributed by atoms with E-state index in [0.29, 0.717) is 21.2 Å². The average molecular weight is 333 g/mol. The first-order chi connectivity index (χ1) is 9.95. The Hall–Kier alpha value is -1.36. The summed E-state index contributed by atoms with van der Waals surface area (Å²) in [5.74, 6) is -0.00117. The van der Waals surface area contributed by atoms with Crippen LogP contribution >= 0.6 is 23.2 Å². The molecule has 21 heavy (non-hydrogen) atoms. The van der Waals surface area contributed by atoms with E-state index in [1.54, 1.807) is 24.3 Å². The first-order valence-electron chi connectivity index (χ1n) is 6.12. The lowest BCUT2D eigenvalue weighted by atomic mass is 10.0. The predicted molar refractivity (Wildman–Crippen MR) is 78.2 cm³/mol. The van der Waals surface area contributed by atoms with Crippen LogP contribution in [0.1, 0.15) is 17.2 Å². The van der Waals surface area contributed by atoms with Crippen LogP contribution in [-0.2, 0) is 6.42 Å². The lowest BCUT2D eigenvalue weighted by Gasteiger charge is -2.14. The van der Waals surface area contributed by atoms with Gasteiger partial charge in [0.1, 0.15) is 5.75 Å². The first-order valence-corrected chi connectivity index (χ1v) is 6.88. The van der Waals surface area contributed by atoms with Crippen molar-refractivity contribution in [3.05, 3.63) is 63.6 Å². The highest BCUT2D eigenvalue weighted by molar-refractivity contribution is 6.33. The van der Waals surface area contributed by atoms with Crippen LogP contribution in [0.25, 0.3) is 0 Å². The molecule has 6 heteroatoms. The molecule has 0 saturated carbocycles. The van der Waals surface area contributed by atoms with Crippen molar-refractivity contribution in [1.82, 2.24) is 0 Å². The van der Waals surface area contributed by atoms with E-state index in [2.05, 4.69) is 4.74 Å². The molecule has 0 bridgehead atoms. The van der Waals surface area contributed by atoms with Crippen molar-refractivity contribution in [2.45, 2.75) is 19.1 Å². The molecule has 0 aliphatic heterocycles. The van der Waals surface area contributed by atoms with Crippen molar-refractivity contribution in [2.75, 3.05) is 0 Å². The second-order valence-corrected chi connectivity index (χ2v) is 5.25. The summed E-state index contributed by atoms with van der Waals surface area (Å²) < 4.78 is 28.7. The molecule has 0 spiro atoms. The number of aliphatic hydroxyl groups is 1. The van der Waals surface area contributed by atoms with Crippen molar-refractivity contribution < 1.29 is 18.6 Å². The Morgan fingerprint density at radius 3 is 2.57 bits per heavy atom. The van der Waals surface area contributed by atoms with Gasteiger partial charge in [-0.2, -0.15) is 8.78 Å². The quantitative estimate of drug-likeness (QED) is 0.846. The molecule has 0 aliphatic carbocycles. The Morgan fingerprint density at radius 2 is 1.86 bits per heavy atom. The number of halogens is 4. The number of aliphatic hydroxyl groups excluding tert-OH is 1.